The molecule has 2 heterocycles. The fourth-order valence-corrected chi connectivity index (χ4v) is 5.07. The van der Waals surface area contributed by atoms with Crippen LogP contribution in [0.25, 0.3) is 0 Å². The summed E-state index contributed by atoms with van der Waals surface area (Å²) < 4.78 is 13.6. The highest BCUT2D eigenvalue weighted by Crippen LogP contribution is 2.36. The van der Waals surface area contributed by atoms with E-state index in [-0.39, 0.29) is 17.9 Å². The Morgan fingerprint density at radius 1 is 1.14 bits per heavy atom. The lowest BCUT2D eigenvalue weighted by atomic mass is 10.0. The second kappa shape index (κ2) is 8.97. The highest BCUT2D eigenvalue weighted by Gasteiger charge is 2.23. The average molecular weight is 400 g/mol. The number of hydrogen-bond donors (Lipinski definition) is 2. The Morgan fingerprint density at radius 2 is 1.93 bits per heavy atom. The van der Waals surface area contributed by atoms with Gasteiger partial charge in [-0.3, -0.25) is 4.90 Å². The molecular weight excluding hydrogens is 373 g/mol. The van der Waals surface area contributed by atoms with Crippen LogP contribution in [0.15, 0.2) is 47.4 Å². The molecule has 2 aliphatic rings. The van der Waals surface area contributed by atoms with Crippen molar-refractivity contribution in [3.05, 3.63) is 65.0 Å². The number of thioether (sulfide) groups is 1. The van der Waals surface area contributed by atoms with Gasteiger partial charge < -0.3 is 10.6 Å². The molecule has 148 valence electrons. The molecule has 0 aromatic heterocycles. The molecule has 1 fully saturated rings. The van der Waals surface area contributed by atoms with Crippen LogP contribution in [0.4, 0.5) is 9.18 Å². The summed E-state index contributed by atoms with van der Waals surface area (Å²) in [6.45, 7) is 3.73. The zero-order chi connectivity index (χ0) is 19.3. The van der Waals surface area contributed by atoms with Gasteiger partial charge in [0.15, 0.2) is 0 Å². The summed E-state index contributed by atoms with van der Waals surface area (Å²) in [6.07, 6.45) is 3.34. The van der Waals surface area contributed by atoms with Gasteiger partial charge in [-0.1, -0.05) is 24.3 Å². The summed E-state index contributed by atoms with van der Waals surface area (Å²) in [7, 11) is 0. The monoisotopic (exact) mass is 399 g/mol. The third-order valence-electron chi connectivity index (χ3n) is 5.47. The first-order valence-electron chi connectivity index (χ1n) is 9.95. The third-order valence-corrected chi connectivity index (χ3v) is 6.59. The van der Waals surface area contributed by atoms with E-state index in [9.17, 15) is 9.18 Å². The van der Waals surface area contributed by atoms with E-state index < -0.39 is 0 Å². The predicted octanol–water partition coefficient (Wildman–Crippen LogP) is 4.46. The van der Waals surface area contributed by atoms with E-state index in [1.807, 2.05) is 6.07 Å². The number of carbonyl (C=O) groups excluding carboxylic acids is 1. The number of halogens is 1. The summed E-state index contributed by atoms with van der Waals surface area (Å²) in [5.74, 6) is 0.659. The van der Waals surface area contributed by atoms with Gasteiger partial charge in [-0.15, -0.1) is 11.8 Å². The van der Waals surface area contributed by atoms with Gasteiger partial charge in [-0.25, -0.2) is 9.18 Å². The molecule has 0 aliphatic carbocycles. The highest BCUT2D eigenvalue weighted by molar-refractivity contribution is 7.99. The number of nitrogens with zero attached hydrogens (tertiary/aromatic N) is 1. The number of fused-ring (bicyclic) bond motifs is 1. The minimum absolute atomic E-state index is 0.146. The molecule has 28 heavy (non-hydrogen) atoms. The molecule has 1 atom stereocenters. The van der Waals surface area contributed by atoms with Crippen LogP contribution < -0.4 is 10.6 Å². The van der Waals surface area contributed by atoms with Crippen molar-refractivity contribution in [2.24, 2.45) is 0 Å². The Morgan fingerprint density at radius 3 is 2.75 bits per heavy atom. The number of likely N-dealkylation sites (tertiary alicyclic amines) is 1. The maximum absolute atomic E-state index is 13.6. The number of rotatable bonds is 5. The Balaban J connectivity index is 1.36. The van der Waals surface area contributed by atoms with Crippen LogP contribution >= 0.6 is 11.8 Å². The second-order valence-corrected chi connectivity index (χ2v) is 8.59. The van der Waals surface area contributed by atoms with Crippen molar-refractivity contribution in [1.29, 1.82) is 0 Å². The van der Waals surface area contributed by atoms with Crippen molar-refractivity contribution in [3.8, 4) is 0 Å². The molecule has 2 amide bonds. The molecule has 4 rings (SSSR count). The Hall–Kier alpha value is -2.05. The Kier molecular flexibility index (Phi) is 6.17. The number of hydrogen-bond acceptors (Lipinski definition) is 3. The van der Waals surface area contributed by atoms with E-state index in [4.69, 9.17) is 0 Å². The first kappa shape index (κ1) is 19.3. The lowest BCUT2D eigenvalue weighted by Gasteiger charge is -2.26. The van der Waals surface area contributed by atoms with E-state index in [1.165, 1.54) is 30.5 Å². The lowest BCUT2D eigenvalue weighted by Crippen LogP contribution is -2.38. The zero-order valence-corrected chi connectivity index (χ0v) is 16.7. The third kappa shape index (κ3) is 4.67. The first-order chi connectivity index (χ1) is 13.7. The standard InChI is InChI=1S/C22H26FN3OS/c23-18-7-8-21-19(13-18)20(9-12-28-21)25-22(27)24-14-16-5-1-2-6-17(16)15-26-10-3-4-11-26/h1-2,5-8,13,20H,3-4,9-12,14-15H2,(H2,24,25,27)/t20-/m1/s1. The zero-order valence-electron chi connectivity index (χ0n) is 15.9. The highest BCUT2D eigenvalue weighted by atomic mass is 32.2. The summed E-state index contributed by atoms with van der Waals surface area (Å²) in [6, 6.07) is 12.8. The largest absolute Gasteiger partial charge is 0.334 e. The molecule has 0 radical (unpaired) electrons. The number of nitrogens with one attached hydrogen (secondary N) is 2. The van der Waals surface area contributed by atoms with Gasteiger partial charge in [0.1, 0.15) is 5.82 Å². The number of amides is 2. The van der Waals surface area contributed by atoms with Gasteiger partial charge in [-0.05, 0) is 67.2 Å². The smallest absolute Gasteiger partial charge is 0.315 e. The van der Waals surface area contributed by atoms with Gasteiger partial charge in [-0.2, -0.15) is 0 Å². The van der Waals surface area contributed by atoms with E-state index in [0.29, 0.717) is 6.54 Å². The SMILES string of the molecule is O=C(NCc1ccccc1CN1CCCC1)N[C@@H]1CCSc2ccc(F)cc21. The van der Waals surface area contributed by atoms with Crippen molar-refractivity contribution in [2.75, 3.05) is 18.8 Å². The summed E-state index contributed by atoms with van der Waals surface area (Å²) in [5, 5.41) is 6.01. The van der Waals surface area contributed by atoms with Gasteiger partial charge in [0, 0.05) is 23.7 Å². The molecule has 2 N–H and O–H groups in total. The molecule has 0 spiro atoms. The van der Waals surface area contributed by atoms with Crippen LogP contribution in [0.3, 0.4) is 0 Å². The minimum Gasteiger partial charge on any atom is -0.334 e. The van der Waals surface area contributed by atoms with Crippen molar-refractivity contribution >= 4 is 17.8 Å². The summed E-state index contributed by atoms with van der Waals surface area (Å²) >= 11 is 1.71. The molecule has 0 bridgehead atoms. The molecule has 6 heteroatoms. The maximum Gasteiger partial charge on any atom is 0.315 e. The number of urea groups is 1. The maximum atomic E-state index is 13.6. The van der Waals surface area contributed by atoms with Gasteiger partial charge in [0.25, 0.3) is 0 Å². The van der Waals surface area contributed by atoms with Crippen molar-refractivity contribution < 1.29 is 9.18 Å². The van der Waals surface area contributed by atoms with Gasteiger partial charge in [0.2, 0.25) is 0 Å². The second-order valence-electron chi connectivity index (χ2n) is 7.45. The van der Waals surface area contributed by atoms with Crippen LogP contribution in [-0.2, 0) is 13.1 Å². The molecule has 2 aromatic carbocycles. The van der Waals surface area contributed by atoms with E-state index >= 15 is 0 Å². The number of carbonyl (C=O) groups is 1. The van der Waals surface area contributed by atoms with Crippen LogP contribution in [0.5, 0.6) is 0 Å². The normalized spacial score (nSPS) is 19.2. The van der Waals surface area contributed by atoms with Crippen molar-refractivity contribution in [2.45, 2.75) is 43.3 Å². The fourth-order valence-electron chi connectivity index (χ4n) is 3.97. The fraction of sp³-hybridized carbons (Fsp3) is 0.409. The van der Waals surface area contributed by atoms with E-state index in [2.05, 4.69) is 33.7 Å². The van der Waals surface area contributed by atoms with Crippen molar-refractivity contribution in [3.63, 3.8) is 0 Å². The van der Waals surface area contributed by atoms with Gasteiger partial charge in [0.05, 0.1) is 6.04 Å². The van der Waals surface area contributed by atoms with Crippen molar-refractivity contribution in [1.82, 2.24) is 15.5 Å². The summed E-state index contributed by atoms with van der Waals surface area (Å²) in [5.41, 5.74) is 3.29. The quantitative estimate of drug-likeness (QED) is 0.780. The lowest BCUT2D eigenvalue weighted by molar-refractivity contribution is 0.236. The molecule has 1 saturated heterocycles. The van der Waals surface area contributed by atoms with Crippen LogP contribution in [0.1, 0.15) is 42.0 Å². The molecule has 0 unspecified atom stereocenters. The summed E-state index contributed by atoms with van der Waals surface area (Å²) in [4.78, 5) is 16.0. The number of benzene rings is 2. The Labute approximate surface area is 169 Å². The minimum atomic E-state index is -0.260. The molecule has 0 saturated carbocycles. The van der Waals surface area contributed by atoms with Crippen LogP contribution in [-0.4, -0.2) is 29.8 Å². The van der Waals surface area contributed by atoms with Crippen LogP contribution in [0, 0.1) is 5.82 Å². The first-order valence-corrected chi connectivity index (χ1v) is 10.9. The Bertz CT molecular complexity index is 838. The molecule has 2 aliphatic heterocycles. The van der Waals surface area contributed by atoms with Gasteiger partial charge >= 0.3 is 6.03 Å². The van der Waals surface area contributed by atoms with E-state index in [0.717, 1.165) is 47.8 Å². The average Bonchev–Trinajstić information content (AvgIpc) is 3.21. The topological polar surface area (TPSA) is 44.4 Å². The van der Waals surface area contributed by atoms with E-state index in [1.54, 1.807) is 17.8 Å². The molecule has 2 aromatic rings. The predicted molar refractivity (Wildman–Crippen MR) is 111 cm³/mol. The molecular formula is C22H26FN3OS. The molecule has 4 nitrogen and oxygen atoms in total. The van der Waals surface area contributed by atoms with Crippen LogP contribution in [0.2, 0.25) is 0 Å².